The van der Waals surface area contributed by atoms with E-state index in [1.54, 1.807) is 7.05 Å². The number of hydrogen-bond donors (Lipinski definition) is 2. The average molecular weight is 294 g/mol. The van der Waals surface area contributed by atoms with Gasteiger partial charge in [0.25, 0.3) is 5.91 Å². The molecule has 2 heterocycles. The molecule has 1 atom stereocenters. The molecule has 0 radical (unpaired) electrons. The highest BCUT2D eigenvalue weighted by Crippen LogP contribution is 2.28. The molecular formula is C11H14N6O4. The van der Waals surface area contributed by atoms with E-state index in [2.05, 4.69) is 20.6 Å². The van der Waals surface area contributed by atoms with Crippen LogP contribution < -0.4 is 10.6 Å². The number of anilines is 2. The molecule has 1 aliphatic heterocycles. The van der Waals surface area contributed by atoms with Gasteiger partial charge in [-0.25, -0.2) is 4.98 Å². The molecule has 2 N–H and O–H groups in total. The van der Waals surface area contributed by atoms with Gasteiger partial charge in [0.1, 0.15) is 11.7 Å². The first kappa shape index (κ1) is 14.6. The van der Waals surface area contributed by atoms with Crippen molar-refractivity contribution < 1.29 is 14.5 Å². The first-order valence-corrected chi connectivity index (χ1v) is 6.13. The lowest BCUT2D eigenvalue weighted by Gasteiger charge is -2.13. The molecule has 0 aliphatic carbocycles. The molecule has 1 aliphatic rings. The van der Waals surface area contributed by atoms with Crippen LogP contribution in [0.2, 0.25) is 0 Å². The predicted molar refractivity (Wildman–Crippen MR) is 72.8 cm³/mol. The second-order valence-electron chi connectivity index (χ2n) is 4.53. The van der Waals surface area contributed by atoms with Gasteiger partial charge in [-0.2, -0.15) is 4.98 Å². The van der Waals surface area contributed by atoms with Crippen LogP contribution in [0, 0.1) is 17.0 Å². The van der Waals surface area contributed by atoms with Gasteiger partial charge in [-0.3, -0.25) is 24.6 Å². The fraction of sp³-hybridized carbons (Fsp3) is 0.455. The van der Waals surface area contributed by atoms with Crippen LogP contribution in [0.25, 0.3) is 0 Å². The van der Waals surface area contributed by atoms with Crippen LogP contribution in [0.15, 0.2) is 0 Å². The van der Waals surface area contributed by atoms with E-state index in [1.165, 1.54) is 14.0 Å². The van der Waals surface area contributed by atoms with E-state index < -0.39 is 16.9 Å². The monoisotopic (exact) mass is 294 g/mol. The van der Waals surface area contributed by atoms with Crippen molar-refractivity contribution in [2.45, 2.75) is 19.4 Å². The summed E-state index contributed by atoms with van der Waals surface area (Å²) in [5.41, 5.74) is -0.157. The van der Waals surface area contributed by atoms with Crippen molar-refractivity contribution in [2.75, 3.05) is 24.7 Å². The molecule has 1 aromatic heterocycles. The van der Waals surface area contributed by atoms with Gasteiger partial charge in [0.2, 0.25) is 17.7 Å². The fourth-order valence-corrected chi connectivity index (χ4v) is 2.03. The van der Waals surface area contributed by atoms with Crippen molar-refractivity contribution in [2.24, 2.45) is 0 Å². The number of aromatic nitrogens is 2. The number of nitrogens with one attached hydrogen (secondary N) is 2. The lowest BCUT2D eigenvalue weighted by molar-refractivity contribution is -0.385. The minimum atomic E-state index is -0.861. The minimum absolute atomic E-state index is 0.0651. The molecule has 1 fully saturated rings. The van der Waals surface area contributed by atoms with Gasteiger partial charge in [-0.15, -0.1) is 0 Å². The Morgan fingerprint density at radius 3 is 2.52 bits per heavy atom. The molecule has 0 aromatic carbocycles. The summed E-state index contributed by atoms with van der Waals surface area (Å²) in [6, 6.07) is -0.861. The zero-order chi connectivity index (χ0) is 15.7. The number of hydrogen-bond acceptors (Lipinski definition) is 8. The van der Waals surface area contributed by atoms with Gasteiger partial charge in [0.15, 0.2) is 0 Å². The Kier molecular flexibility index (Phi) is 3.70. The van der Waals surface area contributed by atoms with Gasteiger partial charge in [0.05, 0.1) is 11.3 Å². The summed E-state index contributed by atoms with van der Waals surface area (Å²) in [5.74, 6) is -0.694. The van der Waals surface area contributed by atoms with E-state index in [1.807, 2.05) is 0 Å². The third-order valence-corrected chi connectivity index (χ3v) is 3.16. The number of carbonyl (C=O) groups is 2. The topological polar surface area (TPSA) is 130 Å². The number of nitro groups is 1. The highest BCUT2D eigenvalue weighted by Gasteiger charge is 2.37. The van der Waals surface area contributed by atoms with Crippen molar-refractivity contribution in [1.29, 1.82) is 0 Å². The Morgan fingerprint density at radius 1 is 1.38 bits per heavy atom. The van der Waals surface area contributed by atoms with Crippen LogP contribution in [0.5, 0.6) is 0 Å². The smallest absolute Gasteiger partial charge is 0.332 e. The van der Waals surface area contributed by atoms with Gasteiger partial charge < -0.3 is 10.6 Å². The molecule has 112 valence electrons. The molecule has 1 aromatic rings. The molecule has 21 heavy (non-hydrogen) atoms. The van der Waals surface area contributed by atoms with Crippen molar-refractivity contribution in [3.63, 3.8) is 0 Å². The summed E-state index contributed by atoms with van der Waals surface area (Å²) in [6.45, 7) is 1.47. The maximum Gasteiger partial charge on any atom is 0.332 e. The highest BCUT2D eigenvalue weighted by molar-refractivity contribution is 6.06. The first-order chi connectivity index (χ1) is 9.85. The Bertz CT molecular complexity index is 631. The molecule has 2 rings (SSSR count). The number of amides is 2. The number of carbonyl (C=O) groups excluding carboxylic acids is 2. The van der Waals surface area contributed by atoms with Crippen LogP contribution in [-0.4, -0.2) is 51.7 Å². The van der Waals surface area contributed by atoms with Crippen molar-refractivity contribution in [3.8, 4) is 0 Å². The Balaban J connectivity index is 2.39. The molecular weight excluding hydrogens is 280 g/mol. The minimum Gasteiger partial charge on any atom is -0.357 e. The second kappa shape index (κ2) is 5.31. The molecule has 2 amide bonds. The maximum atomic E-state index is 11.9. The standard InChI is InChI=1S/C11H14N6O4/c1-5-8(17(20)21)9(15-11(12-2)13-5)14-6-4-7(18)16(3)10(6)19/h6H,4H2,1-3H3,(H2,12,13,14,15). The van der Waals surface area contributed by atoms with Crippen molar-refractivity contribution in [1.82, 2.24) is 14.9 Å². The van der Waals surface area contributed by atoms with Crippen molar-refractivity contribution >= 4 is 29.3 Å². The summed E-state index contributed by atoms with van der Waals surface area (Å²) >= 11 is 0. The first-order valence-electron chi connectivity index (χ1n) is 6.13. The van der Waals surface area contributed by atoms with Crippen LogP contribution in [-0.2, 0) is 9.59 Å². The number of likely N-dealkylation sites (tertiary alicyclic amines) is 1. The van der Waals surface area contributed by atoms with Gasteiger partial charge >= 0.3 is 5.69 Å². The summed E-state index contributed by atoms with van der Waals surface area (Å²) in [4.78, 5) is 42.7. The van der Waals surface area contributed by atoms with Crippen LogP contribution in [0.1, 0.15) is 12.1 Å². The molecule has 0 bridgehead atoms. The lowest BCUT2D eigenvalue weighted by atomic mass is 10.2. The van der Waals surface area contributed by atoms with E-state index in [0.29, 0.717) is 0 Å². The van der Waals surface area contributed by atoms with Gasteiger partial charge in [0, 0.05) is 14.1 Å². The Labute approximate surface area is 119 Å². The molecule has 0 saturated carbocycles. The van der Waals surface area contributed by atoms with Gasteiger partial charge in [-0.1, -0.05) is 0 Å². The molecule has 10 nitrogen and oxygen atoms in total. The SMILES string of the molecule is CNc1nc(C)c([N+](=O)[O-])c(NC2CC(=O)N(C)C2=O)n1. The summed E-state index contributed by atoms with van der Waals surface area (Å²) in [6.07, 6.45) is -0.0651. The molecule has 10 heteroatoms. The normalized spacial score (nSPS) is 18.0. The average Bonchev–Trinajstić information content (AvgIpc) is 2.65. The zero-order valence-corrected chi connectivity index (χ0v) is 11.7. The predicted octanol–water partition coefficient (Wildman–Crippen LogP) is -0.0959. The Morgan fingerprint density at radius 2 is 2.05 bits per heavy atom. The summed E-state index contributed by atoms with van der Waals surface area (Å²) in [5, 5.41) is 16.5. The fourth-order valence-electron chi connectivity index (χ4n) is 2.03. The van der Waals surface area contributed by atoms with E-state index in [9.17, 15) is 19.7 Å². The molecule has 1 saturated heterocycles. The van der Waals surface area contributed by atoms with E-state index in [0.717, 1.165) is 4.90 Å². The summed E-state index contributed by atoms with van der Waals surface area (Å²) in [7, 11) is 2.94. The zero-order valence-electron chi connectivity index (χ0n) is 11.7. The van der Waals surface area contributed by atoms with Crippen LogP contribution >= 0.6 is 0 Å². The second-order valence-corrected chi connectivity index (χ2v) is 4.53. The van der Waals surface area contributed by atoms with Crippen LogP contribution in [0.4, 0.5) is 17.5 Å². The summed E-state index contributed by atoms with van der Waals surface area (Å²) < 4.78 is 0. The Hall–Kier alpha value is -2.78. The molecule has 0 spiro atoms. The van der Waals surface area contributed by atoms with E-state index in [4.69, 9.17) is 0 Å². The number of nitrogens with zero attached hydrogens (tertiary/aromatic N) is 4. The third-order valence-electron chi connectivity index (χ3n) is 3.16. The number of imide groups is 1. The van der Waals surface area contributed by atoms with E-state index >= 15 is 0 Å². The number of rotatable bonds is 4. The van der Waals surface area contributed by atoms with E-state index in [-0.39, 0.29) is 35.5 Å². The number of likely N-dealkylation sites (N-methyl/N-ethyl adjacent to an activating group) is 1. The lowest BCUT2D eigenvalue weighted by Crippen LogP contribution is -2.32. The highest BCUT2D eigenvalue weighted by atomic mass is 16.6. The van der Waals surface area contributed by atoms with Crippen LogP contribution in [0.3, 0.4) is 0 Å². The molecule has 1 unspecified atom stereocenters. The van der Waals surface area contributed by atoms with Gasteiger partial charge in [-0.05, 0) is 6.92 Å². The third kappa shape index (κ3) is 2.59. The maximum absolute atomic E-state index is 11.9. The largest absolute Gasteiger partial charge is 0.357 e. The quantitative estimate of drug-likeness (QED) is 0.447. The number of aryl methyl sites for hydroxylation is 1. The van der Waals surface area contributed by atoms with Crippen molar-refractivity contribution in [3.05, 3.63) is 15.8 Å².